The van der Waals surface area contributed by atoms with Crippen LogP contribution in [0.3, 0.4) is 0 Å². The van der Waals surface area contributed by atoms with Crippen LogP contribution in [0.4, 0.5) is 13.2 Å². The third-order valence-corrected chi connectivity index (χ3v) is 3.61. The Bertz CT molecular complexity index is 697. The van der Waals surface area contributed by atoms with E-state index in [0.29, 0.717) is 12.2 Å². The summed E-state index contributed by atoms with van der Waals surface area (Å²) in [6.07, 6.45) is 0.810. The van der Waals surface area contributed by atoms with Crippen LogP contribution in [0.15, 0.2) is 18.5 Å². The molecule has 0 aliphatic heterocycles. The van der Waals surface area contributed by atoms with Gasteiger partial charge in [-0.25, -0.2) is 4.98 Å². The zero-order valence-corrected chi connectivity index (χ0v) is 13.3. The molecule has 0 atom stereocenters. The topological polar surface area (TPSA) is 46.4 Å². The largest absolute Gasteiger partial charge is 0.417 e. The maximum Gasteiger partial charge on any atom is 0.417 e. The first-order valence-electron chi connectivity index (χ1n) is 7.32. The van der Waals surface area contributed by atoms with Gasteiger partial charge in [0.15, 0.2) is 5.65 Å². The molecule has 2 heterocycles. The summed E-state index contributed by atoms with van der Waals surface area (Å²) in [5.41, 5.74) is -0.282. The number of hydrogen-bond donors (Lipinski definition) is 1. The van der Waals surface area contributed by atoms with Crippen molar-refractivity contribution in [2.45, 2.75) is 38.8 Å². The second kappa shape index (κ2) is 7.21. The second-order valence-electron chi connectivity index (χ2n) is 5.27. The highest BCUT2D eigenvalue weighted by Gasteiger charge is 2.31. The molecule has 0 fully saturated rings. The van der Waals surface area contributed by atoms with E-state index in [1.807, 2.05) is 0 Å². The van der Waals surface area contributed by atoms with Crippen molar-refractivity contribution in [3.05, 3.63) is 34.7 Å². The molecule has 0 unspecified atom stereocenters. The lowest BCUT2D eigenvalue weighted by Crippen LogP contribution is -2.26. The van der Waals surface area contributed by atoms with E-state index >= 15 is 0 Å². The van der Waals surface area contributed by atoms with Crippen LogP contribution in [0.1, 0.15) is 37.4 Å². The molecule has 8 heteroatoms. The standard InChI is InChI=1S/C15H17ClF3N3O/c1-2-3-4-5-20-13(23)7-11-9-22-8-10(15(17,18)19)6-12(16)14(22)21-11/h6,8-9H,2-5,7H2,1H3,(H,20,23). The number of nitrogens with zero attached hydrogens (tertiary/aromatic N) is 2. The first kappa shape index (κ1) is 17.6. The van der Waals surface area contributed by atoms with Crippen LogP contribution >= 0.6 is 11.6 Å². The molecule has 4 nitrogen and oxygen atoms in total. The van der Waals surface area contributed by atoms with Crippen LogP contribution in [0.25, 0.3) is 5.65 Å². The van der Waals surface area contributed by atoms with Crippen molar-refractivity contribution in [1.29, 1.82) is 0 Å². The summed E-state index contributed by atoms with van der Waals surface area (Å²) < 4.78 is 39.5. The number of imidazole rings is 1. The molecule has 0 bridgehead atoms. The third-order valence-electron chi connectivity index (χ3n) is 3.33. The normalized spacial score (nSPS) is 11.9. The van der Waals surface area contributed by atoms with E-state index in [2.05, 4.69) is 17.2 Å². The van der Waals surface area contributed by atoms with E-state index in [0.717, 1.165) is 31.5 Å². The van der Waals surface area contributed by atoms with Crippen molar-refractivity contribution in [2.75, 3.05) is 6.54 Å². The number of alkyl halides is 3. The Labute approximate surface area is 136 Å². The van der Waals surface area contributed by atoms with Crippen LogP contribution in [0.2, 0.25) is 5.02 Å². The summed E-state index contributed by atoms with van der Waals surface area (Å²) in [7, 11) is 0. The minimum absolute atomic E-state index is 0.00544. The van der Waals surface area contributed by atoms with Crippen molar-refractivity contribution in [2.24, 2.45) is 0 Å². The van der Waals surface area contributed by atoms with Gasteiger partial charge >= 0.3 is 6.18 Å². The number of rotatable bonds is 6. The van der Waals surface area contributed by atoms with Gasteiger partial charge in [-0.2, -0.15) is 13.2 Å². The SMILES string of the molecule is CCCCCNC(=O)Cc1cn2cc(C(F)(F)F)cc(Cl)c2n1. The molecule has 2 aromatic rings. The van der Waals surface area contributed by atoms with Crippen LogP contribution in [0.5, 0.6) is 0 Å². The summed E-state index contributed by atoms with van der Waals surface area (Å²) in [4.78, 5) is 15.9. The van der Waals surface area contributed by atoms with Crippen molar-refractivity contribution in [3.63, 3.8) is 0 Å². The first-order chi connectivity index (χ1) is 10.8. The zero-order chi connectivity index (χ0) is 17.0. The van der Waals surface area contributed by atoms with Gasteiger partial charge in [-0.05, 0) is 12.5 Å². The fraction of sp³-hybridized carbons (Fsp3) is 0.467. The predicted octanol–water partition coefficient (Wildman–Crippen LogP) is 3.86. The lowest BCUT2D eigenvalue weighted by atomic mass is 10.2. The van der Waals surface area contributed by atoms with Gasteiger partial charge in [0.25, 0.3) is 0 Å². The van der Waals surface area contributed by atoms with Crippen molar-refractivity contribution >= 4 is 23.2 Å². The van der Waals surface area contributed by atoms with E-state index < -0.39 is 11.7 Å². The number of nitrogens with one attached hydrogen (secondary N) is 1. The molecule has 0 aromatic carbocycles. The molecule has 2 aromatic heterocycles. The Morgan fingerprint density at radius 1 is 1.35 bits per heavy atom. The Balaban J connectivity index is 2.11. The van der Waals surface area contributed by atoms with Gasteiger partial charge in [-0.15, -0.1) is 0 Å². The number of aromatic nitrogens is 2. The van der Waals surface area contributed by atoms with E-state index in [-0.39, 0.29) is 23.0 Å². The molecule has 126 valence electrons. The van der Waals surface area contributed by atoms with Gasteiger partial charge < -0.3 is 9.72 Å². The third kappa shape index (κ3) is 4.60. The lowest BCUT2D eigenvalue weighted by molar-refractivity contribution is -0.137. The molecule has 1 N–H and O–H groups in total. The maximum atomic E-state index is 12.8. The fourth-order valence-corrected chi connectivity index (χ4v) is 2.44. The number of hydrogen-bond acceptors (Lipinski definition) is 2. The number of fused-ring (bicyclic) bond motifs is 1. The van der Waals surface area contributed by atoms with Gasteiger partial charge in [0, 0.05) is 18.9 Å². The van der Waals surface area contributed by atoms with E-state index in [4.69, 9.17) is 11.6 Å². The summed E-state index contributed by atoms with van der Waals surface area (Å²) in [5, 5.41) is 2.66. The molecule has 0 spiro atoms. The predicted molar refractivity (Wildman–Crippen MR) is 81.4 cm³/mol. The Morgan fingerprint density at radius 3 is 2.74 bits per heavy atom. The molecule has 0 aliphatic rings. The Hall–Kier alpha value is -1.76. The van der Waals surface area contributed by atoms with Gasteiger partial charge in [-0.3, -0.25) is 4.79 Å². The first-order valence-corrected chi connectivity index (χ1v) is 7.70. The lowest BCUT2D eigenvalue weighted by Gasteiger charge is -2.07. The number of unbranched alkanes of at least 4 members (excludes halogenated alkanes) is 2. The number of amides is 1. The van der Waals surface area contributed by atoms with Crippen molar-refractivity contribution in [3.8, 4) is 0 Å². The second-order valence-corrected chi connectivity index (χ2v) is 5.68. The summed E-state index contributed by atoms with van der Waals surface area (Å²) in [6.45, 7) is 2.65. The van der Waals surface area contributed by atoms with Gasteiger partial charge in [-0.1, -0.05) is 31.4 Å². The molecule has 23 heavy (non-hydrogen) atoms. The van der Waals surface area contributed by atoms with Crippen LogP contribution < -0.4 is 5.32 Å². The summed E-state index contributed by atoms with van der Waals surface area (Å²) in [5.74, 6) is -0.211. The molecule has 0 saturated heterocycles. The number of carbonyl (C=O) groups is 1. The van der Waals surface area contributed by atoms with Crippen LogP contribution in [-0.2, 0) is 17.4 Å². The smallest absolute Gasteiger partial charge is 0.356 e. The van der Waals surface area contributed by atoms with E-state index in [1.165, 1.54) is 10.6 Å². The minimum atomic E-state index is -4.49. The molecular weight excluding hydrogens is 331 g/mol. The molecular formula is C15H17ClF3N3O. The molecule has 0 radical (unpaired) electrons. The Kier molecular flexibility index (Phi) is 5.51. The average Bonchev–Trinajstić information content (AvgIpc) is 2.85. The molecule has 0 saturated carbocycles. The number of halogens is 4. The van der Waals surface area contributed by atoms with Crippen LogP contribution in [0, 0.1) is 0 Å². The van der Waals surface area contributed by atoms with Gasteiger partial charge in [0.2, 0.25) is 5.91 Å². The van der Waals surface area contributed by atoms with Gasteiger partial charge in [0.1, 0.15) is 0 Å². The van der Waals surface area contributed by atoms with Crippen molar-refractivity contribution in [1.82, 2.24) is 14.7 Å². The monoisotopic (exact) mass is 347 g/mol. The van der Waals surface area contributed by atoms with Crippen LogP contribution in [-0.4, -0.2) is 21.8 Å². The minimum Gasteiger partial charge on any atom is -0.356 e. The molecule has 0 aliphatic carbocycles. The highest BCUT2D eigenvalue weighted by atomic mass is 35.5. The van der Waals surface area contributed by atoms with Gasteiger partial charge in [0.05, 0.1) is 22.7 Å². The van der Waals surface area contributed by atoms with Crippen molar-refractivity contribution < 1.29 is 18.0 Å². The summed E-state index contributed by atoms with van der Waals surface area (Å²) in [6, 6.07) is 0.832. The fourth-order valence-electron chi connectivity index (χ4n) is 2.18. The number of pyridine rings is 1. The quantitative estimate of drug-likeness (QED) is 0.807. The molecule has 2 rings (SSSR count). The number of carbonyl (C=O) groups excluding carboxylic acids is 1. The highest BCUT2D eigenvalue weighted by molar-refractivity contribution is 6.33. The van der Waals surface area contributed by atoms with E-state index in [9.17, 15) is 18.0 Å². The maximum absolute atomic E-state index is 12.8. The summed E-state index contributed by atoms with van der Waals surface area (Å²) >= 11 is 5.85. The molecule has 1 amide bonds. The average molecular weight is 348 g/mol. The Morgan fingerprint density at radius 2 is 2.09 bits per heavy atom. The van der Waals surface area contributed by atoms with E-state index in [1.54, 1.807) is 0 Å². The highest BCUT2D eigenvalue weighted by Crippen LogP contribution is 2.32. The zero-order valence-electron chi connectivity index (χ0n) is 12.6.